The lowest BCUT2D eigenvalue weighted by molar-refractivity contribution is 0.232. The average molecular weight is 211 g/mol. The van der Waals surface area contributed by atoms with Crippen LogP contribution in [-0.4, -0.2) is 17.8 Å². The van der Waals surface area contributed by atoms with Gasteiger partial charge in [-0.25, -0.2) is 4.39 Å². The number of aliphatic hydroxyl groups is 1. The van der Waals surface area contributed by atoms with Crippen LogP contribution in [0.3, 0.4) is 0 Å². The lowest BCUT2D eigenvalue weighted by atomic mass is 9.83. The van der Waals surface area contributed by atoms with Crippen LogP contribution in [-0.2, 0) is 0 Å². The largest absolute Gasteiger partial charge is 0.395 e. The van der Waals surface area contributed by atoms with E-state index in [0.29, 0.717) is 0 Å². The van der Waals surface area contributed by atoms with Crippen LogP contribution in [0.4, 0.5) is 4.39 Å². The zero-order valence-electron chi connectivity index (χ0n) is 9.15. The van der Waals surface area contributed by atoms with Gasteiger partial charge in [-0.2, -0.15) is 0 Å². The minimum absolute atomic E-state index is 0.00861. The van der Waals surface area contributed by atoms with E-state index < -0.39 is 0 Å². The van der Waals surface area contributed by atoms with Crippen LogP contribution in [0.15, 0.2) is 24.3 Å². The fourth-order valence-corrected chi connectivity index (χ4v) is 1.95. The minimum Gasteiger partial charge on any atom is -0.395 e. The molecule has 0 spiro atoms. The van der Waals surface area contributed by atoms with Crippen molar-refractivity contribution in [1.82, 2.24) is 0 Å². The molecule has 0 bridgehead atoms. The van der Waals surface area contributed by atoms with Crippen molar-refractivity contribution in [3.63, 3.8) is 0 Å². The van der Waals surface area contributed by atoms with E-state index in [0.717, 1.165) is 5.56 Å². The summed E-state index contributed by atoms with van der Waals surface area (Å²) in [7, 11) is 0. The molecule has 0 aromatic heterocycles. The second-order valence-electron chi connectivity index (χ2n) is 4.17. The summed E-state index contributed by atoms with van der Waals surface area (Å²) >= 11 is 0. The molecule has 3 heteroatoms. The molecule has 0 aliphatic carbocycles. The molecule has 0 saturated heterocycles. The van der Waals surface area contributed by atoms with Crippen molar-refractivity contribution >= 4 is 0 Å². The van der Waals surface area contributed by atoms with Crippen molar-refractivity contribution in [2.45, 2.75) is 25.8 Å². The van der Waals surface area contributed by atoms with Gasteiger partial charge in [0.2, 0.25) is 0 Å². The standard InChI is InChI=1S/C12H18FNO/c1-8(2)12(11(14)7-15)9-4-3-5-10(13)6-9/h3-6,8,11-12,15H,7,14H2,1-2H3. The monoisotopic (exact) mass is 211 g/mol. The third-order valence-electron chi connectivity index (χ3n) is 2.62. The lowest BCUT2D eigenvalue weighted by Gasteiger charge is -2.26. The van der Waals surface area contributed by atoms with Gasteiger partial charge in [-0.15, -0.1) is 0 Å². The maximum absolute atomic E-state index is 13.1. The Bertz CT molecular complexity index is 314. The Balaban J connectivity index is 2.99. The zero-order chi connectivity index (χ0) is 11.4. The van der Waals surface area contributed by atoms with Crippen LogP contribution in [0.25, 0.3) is 0 Å². The van der Waals surface area contributed by atoms with Gasteiger partial charge in [-0.05, 0) is 23.6 Å². The van der Waals surface area contributed by atoms with Crippen molar-refractivity contribution < 1.29 is 9.50 Å². The van der Waals surface area contributed by atoms with Gasteiger partial charge in [-0.3, -0.25) is 0 Å². The van der Waals surface area contributed by atoms with Gasteiger partial charge in [0.15, 0.2) is 0 Å². The first-order valence-electron chi connectivity index (χ1n) is 5.18. The highest BCUT2D eigenvalue weighted by atomic mass is 19.1. The van der Waals surface area contributed by atoms with Crippen molar-refractivity contribution in [2.24, 2.45) is 11.7 Å². The highest BCUT2D eigenvalue weighted by Gasteiger charge is 2.22. The molecule has 15 heavy (non-hydrogen) atoms. The lowest BCUT2D eigenvalue weighted by Crippen LogP contribution is -2.34. The second-order valence-corrected chi connectivity index (χ2v) is 4.17. The fraction of sp³-hybridized carbons (Fsp3) is 0.500. The predicted octanol–water partition coefficient (Wildman–Crippen LogP) is 1.88. The summed E-state index contributed by atoms with van der Waals surface area (Å²) in [4.78, 5) is 0. The molecule has 0 fully saturated rings. The molecule has 1 aromatic rings. The van der Waals surface area contributed by atoms with Crippen LogP contribution in [0, 0.1) is 11.7 Å². The summed E-state index contributed by atoms with van der Waals surface area (Å²) in [6, 6.07) is 6.07. The SMILES string of the molecule is CC(C)C(c1cccc(F)c1)C(N)CO. The summed E-state index contributed by atoms with van der Waals surface area (Å²) in [6.45, 7) is 3.95. The predicted molar refractivity (Wildman–Crippen MR) is 59.0 cm³/mol. The van der Waals surface area contributed by atoms with E-state index in [1.807, 2.05) is 19.9 Å². The third-order valence-corrected chi connectivity index (χ3v) is 2.62. The Hall–Kier alpha value is -0.930. The molecular weight excluding hydrogens is 193 g/mol. The molecule has 84 valence electrons. The first-order chi connectivity index (χ1) is 7.06. The molecule has 0 amide bonds. The maximum atomic E-state index is 13.1. The van der Waals surface area contributed by atoms with E-state index >= 15 is 0 Å². The average Bonchev–Trinajstić information content (AvgIpc) is 2.17. The Labute approximate surface area is 89.9 Å². The molecule has 0 aliphatic heterocycles. The van der Waals surface area contributed by atoms with E-state index in [4.69, 9.17) is 10.8 Å². The van der Waals surface area contributed by atoms with Gasteiger partial charge >= 0.3 is 0 Å². The number of hydrogen-bond donors (Lipinski definition) is 2. The highest BCUT2D eigenvalue weighted by Crippen LogP contribution is 2.27. The van der Waals surface area contributed by atoms with Gasteiger partial charge in [0, 0.05) is 12.0 Å². The molecule has 3 N–H and O–H groups in total. The maximum Gasteiger partial charge on any atom is 0.123 e. The van der Waals surface area contributed by atoms with Gasteiger partial charge in [0.25, 0.3) is 0 Å². The van der Waals surface area contributed by atoms with Crippen LogP contribution in [0.1, 0.15) is 25.3 Å². The Morgan fingerprint density at radius 2 is 2.07 bits per heavy atom. The molecule has 0 aliphatic rings. The van der Waals surface area contributed by atoms with Gasteiger partial charge in [-0.1, -0.05) is 26.0 Å². The fourth-order valence-electron chi connectivity index (χ4n) is 1.95. The number of nitrogens with two attached hydrogens (primary N) is 1. The molecule has 2 unspecified atom stereocenters. The third kappa shape index (κ3) is 3.01. The van der Waals surface area contributed by atoms with Gasteiger partial charge in [0.05, 0.1) is 6.61 Å². The number of halogens is 1. The van der Waals surface area contributed by atoms with E-state index in [2.05, 4.69) is 0 Å². The van der Waals surface area contributed by atoms with Gasteiger partial charge < -0.3 is 10.8 Å². The Morgan fingerprint density at radius 1 is 1.40 bits per heavy atom. The van der Waals surface area contributed by atoms with Crippen LogP contribution < -0.4 is 5.73 Å². The molecule has 0 radical (unpaired) electrons. The molecule has 2 nitrogen and oxygen atoms in total. The minimum atomic E-state index is -0.341. The molecule has 2 atom stereocenters. The molecule has 0 heterocycles. The Morgan fingerprint density at radius 3 is 2.53 bits per heavy atom. The van der Waals surface area contributed by atoms with Crippen molar-refractivity contribution in [1.29, 1.82) is 0 Å². The van der Waals surface area contributed by atoms with E-state index in [9.17, 15) is 4.39 Å². The molecular formula is C12H18FNO. The Kier molecular flexibility index (Phi) is 4.24. The number of rotatable bonds is 4. The van der Waals surface area contributed by atoms with Crippen molar-refractivity contribution in [3.8, 4) is 0 Å². The number of benzene rings is 1. The summed E-state index contributed by atoms with van der Waals surface area (Å²) in [6.07, 6.45) is 0. The quantitative estimate of drug-likeness (QED) is 0.798. The van der Waals surface area contributed by atoms with Crippen LogP contribution in [0.5, 0.6) is 0 Å². The first-order valence-corrected chi connectivity index (χ1v) is 5.18. The first kappa shape index (κ1) is 12.1. The normalized spacial score (nSPS) is 15.3. The van der Waals surface area contributed by atoms with Gasteiger partial charge in [0.1, 0.15) is 5.82 Å². The van der Waals surface area contributed by atoms with E-state index in [-0.39, 0.29) is 30.3 Å². The van der Waals surface area contributed by atoms with E-state index in [1.54, 1.807) is 6.07 Å². The second kappa shape index (κ2) is 5.24. The van der Waals surface area contributed by atoms with Crippen LogP contribution in [0.2, 0.25) is 0 Å². The summed E-state index contributed by atoms with van der Waals surface area (Å²) in [5, 5.41) is 9.07. The van der Waals surface area contributed by atoms with Crippen molar-refractivity contribution in [3.05, 3.63) is 35.6 Å². The number of hydrogen-bond acceptors (Lipinski definition) is 2. The molecule has 1 aromatic carbocycles. The van der Waals surface area contributed by atoms with E-state index in [1.165, 1.54) is 12.1 Å². The summed E-state index contributed by atoms with van der Waals surface area (Å²) in [5.41, 5.74) is 6.68. The summed E-state index contributed by atoms with van der Waals surface area (Å²) < 4.78 is 13.1. The smallest absolute Gasteiger partial charge is 0.123 e. The number of aliphatic hydroxyl groups excluding tert-OH is 1. The van der Waals surface area contributed by atoms with Crippen LogP contribution >= 0.6 is 0 Å². The molecule has 1 rings (SSSR count). The zero-order valence-corrected chi connectivity index (χ0v) is 9.15. The highest BCUT2D eigenvalue weighted by molar-refractivity contribution is 5.22. The topological polar surface area (TPSA) is 46.2 Å². The summed E-state index contributed by atoms with van der Waals surface area (Å²) in [5.74, 6) is 0.00272. The molecule has 0 saturated carbocycles. The van der Waals surface area contributed by atoms with Crippen molar-refractivity contribution in [2.75, 3.05) is 6.61 Å².